The predicted octanol–water partition coefficient (Wildman–Crippen LogP) is 3.05. The van der Waals surface area contributed by atoms with Crippen LogP contribution in [-0.2, 0) is 6.18 Å². The number of hydrogen-bond donors (Lipinski definition) is 2. The zero-order chi connectivity index (χ0) is 18.6. The Balaban J connectivity index is 2.24. The molecular formula is C16H15F3N2O4. The van der Waals surface area contributed by atoms with Crippen molar-refractivity contribution in [3.8, 4) is 11.5 Å². The first kappa shape index (κ1) is 18.4. The predicted molar refractivity (Wildman–Crippen MR) is 84.2 cm³/mol. The van der Waals surface area contributed by atoms with Gasteiger partial charge in [0, 0.05) is 11.8 Å². The Bertz CT molecular complexity index is 831. The molecule has 2 rings (SSSR count). The van der Waals surface area contributed by atoms with Crippen LogP contribution < -0.4 is 20.3 Å². The van der Waals surface area contributed by atoms with E-state index in [9.17, 15) is 22.8 Å². The SMILES string of the molecule is CCOc1ccc(NC(=O)c2ccc(C(F)(F)F)[nH]c2=O)cc1OC. The molecule has 6 nitrogen and oxygen atoms in total. The number of nitrogens with one attached hydrogen (secondary N) is 2. The molecule has 0 saturated carbocycles. The lowest BCUT2D eigenvalue weighted by Gasteiger charge is -2.12. The molecule has 0 bridgehead atoms. The molecule has 0 aliphatic heterocycles. The van der Waals surface area contributed by atoms with E-state index < -0.39 is 28.9 Å². The van der Waals surface area contributed by atoms with Gasteiger partial charge in [-0.1, -0.05) is 0 Å². The van der Waals surface area contributed by atoms with Gasteiger partial charge in [-0.3, -0.25) is 9.59 Å². The number of pyridine rings is 1. The van der Waals surface area contributed by atoms with E-state index in [1.165, 1.54) is 19.2 Å². The quantitative estimate of drug-likeness (QED) is 0.863. The van der Waals surface area contributed by atoms with E-state index >= 15 is 0 Å². The van der Waals surface area contributed by atoms with Gasteiger partial charge in [0.2, 0.25) is 0 Å². The fourth-order valence-electron chi connectivity index (χ4n) is 2.04. The van der Waals surface area contributed by atoms with Crippen LogP contribution in [0.15, 0.2) is 35.1 Å². The number of carbonyl (C=O) groups excluding carboxylic acids is 1. The Morgan fingerprint density at radius 3 is 2.48 bits per heavy atom. The zero-order valence-electron chi connectivity index (χ0n) is 13.4. The van der Waals surface area contributed by atoms with Crippen molar-refractivity contribution in [2.75, 3.05) is 19.0 Å². The van der Waals surface area contributed by atoms with Crippen LogP contribution in [0.25, 0.3) is 0 Å². The molecule has 25 heavy (non-hydrogen) atoms. The van der Waals surface area contributed by atoms with Crippen molar-refractivity contribution >= 4 is 11.6 Å². The van der Waals surface area contributed by atoms with Crippen molar-refractivity contribution in [1.82, 2.24) is 4.98 Å². The van der Waals surface area contributed by atoms with Crippen LogP contribution in [0.1, 0.15) is 23.0 Å². The number of halogens is 3. The summed E-state index contributed by atoms with van der Waals surface area (Å²) in [5.74, 6) is -0.0162. The lowest BCUT2D eigenvalue weighted by molar-refractivity contribution is -0.141. The van der Waals surface area contributed by atoms with E-state index in [1.807, 2.05) is 0 Å². The Morgan fingerprint density at radius 2 is 1.92 bits per heavy atom. The third kappa shape index (κ3) is 4.31. The highest BCUT2D eigenvalue weighted by atomic mass is 19.4. The molecule has 9 heteroatoms. The van der Waals surface area contributed by atoms with Gasteiger partial charge in [-0.05, 0) is 31.2 Å². The monoisotopic (exact) mass is 356 g/mol. The third-order valence-electron chi connectivity index (χ3n) is 3.18. The molecule has 0 unspecified atom stereocenters. The van der Waals surface area contributed by atoms with Gasteiger partial charge in [0.1, 0.15) is 11.3 Å². The van der Waals surface area contributed by atoms with Crippen molar-refractivity contribution in [3.63, 3.8) is 0 Å². The number of rotatable bonds is 5. The molecule has 0 aliphatic carbocycles. The van der Waals surface area contributed by atoms with Gasteiger partial charge in [0.05, 0.1) is 13.7 Å². The number of amides is 1. The van der Waals surface area contributed by atoms with Crippen molar-refractivity contribution in [1.29, 1.82) is 0 Å². The number of aromatic amines is 1. The van der Waals surface area contributed by atoms with Crippen LogP contribution in [0.5, 0.6) is 11.5 Å². The minimum atomic E-state index is -4.70. The van der Waals surface area contributed by atoms with E-state index in [4.69, 9.17) is 9.47 Å². The first-order valence-electron chi connectivity index (χ1n) is 7.19. The zero-order valence-corrected chi connectivity index (χ0v) is 13.4. The second-order valence-corrected chi connectivity index (χ2v) is 4.87. The second-order valence-electron chi connectivity index (χ2n) is 4.87. The number of benzene rings is 1. The number of H-pyrrole nitrogens is 1. The molecule has 0 spiro atoms. The number of hydrogen-bond acceptors (Lipinski definition) is 4. The molecule has 0 aliphatic rings. The fourth-order valence-corrected chi connectivity index (χ4v) is 2.04. The minimum Gasteiger partial charge on any atom is -0.493 e. The van der Waals surface area contributed by atoms with E-state index in [0.717, 1.165) is 6.07 Å². The molecule has 0 fully saturated rings. The van der Waals surface area contributed by atoms with Crippen molar-refractivity contribution in [2.24, 2.45) is 0 Å². The fraction of sp³-hybridized carbons (Fsp3) is 0.250. The normalized spacial score (nSPS) is 11.1. The molecule has 134 valence electrons. The van der Waals surface area contributed by atoms with Gasteiger partial charge in [-0.25, -0.2) is 0 Å². The topological polar surface area (TPSA) is 80.4 Å². The summed E-state index contributed by atoms with van der Waals surface area (Å²) in [6.45, 7) is 2.22. The lowest BCUT2D eigenvalue weighted by Crippen LogP contribution is -2.25. The first-order chi connectivity index (χ1) is 11.8. The summed E-state index contributed by atoms with van der Waals surface area (Å²) in [6, 6.07) is 6.01. The maximum atomic E-state index is 12.5. The Kier molecular flexibility index (Phi) is 5.35. The van der Waals surface area contributed by atoms with E-state index in [-0.39, 0.29) is 0 Å². The molecular weight excluding hydrogens is 341 g/mol. The van der Waals surface area contributed by atoms with Gasteiger partial charge in [0.25, 0.3) is 11.5 Å². The highest BCUT2D eigenvalue weighted by molar-refractivity contribution is 6.04. The number of aromatic nitrogens is 1. The lowest BCUT2D eigenvalue weighted by atomic mass is 10.2. The molecule has 1 heterocycles. The van der Waals surface area contributed by atoms with E-state index in [1.54, 1.807) is 18.0 Å². The van der Waals surface area contributed by atoms with Gasteiger partial charge in [-0.15, -0.1) is 0 Å². The molecule has 2 N–H and O–H groups in total. The highest BCUT2D eigenvalue weighted by Crippen LogP contribution is 2.30. The van der Waals surface area contributed by atoms with Crippen LogP contribution >= 0.6 is 0 Å². The standard InChI is InChI=1S/C16H15F3N2O4/c1-3-25-11-6-4-9(8-12(11)24-2)20-14(22)10-5-7-13(16(17,18)19)21-15(10)23/h4-8H,3H2,1-2H3,(H,20,22)(H,21,23). The number of alkyl halides is 3. The highest BCUT2D eigenvalue weighted by Gasteiger charge is 2.32. The Morgan fingerprint density at radius 1 is 1.20 bits per heavy atom. The summed E-state index contributed by atoms with van der Waals surface area (Å²) in [7, 11) is 1.42. The van der Waals surface area contributed by atoms with Gasteiger partial charge < -0.3 is 19.8 Å². The van der Waals surface area contributed by atoms with Crippen LogP contribution in [0.2, 0.25) is 0 Å². The van der Waals surface area contributed by atoms with E-state index in [2.05, 4.69) is 5.32 Å². The minimum absolute atomic E-state index is 0.296. The summed E-state index contributed by atoms with van der Waals surface area (Å²) in [4.78, 5) is 25.5. The van der Waals surface area contributed by atoms with Crippen LogP contribution in [-0.4, -0.2) is 24.6 Å². The molecule has 1 aromatic carbocycles. The van der Waals surface area contributed by atoms with Gasteiger partial charge >= 0.3 is 6.18 Å². The van der Waals surface area contributed by atoms with Crippen LogP contribution in [0, 0.1) is 0 Å². The average Bonchev–Trinajstić information content (AvgIpc) is 2.55. The molecule has 2 aromatic rings. The summed E-state index contributed by atoms with van der Waals surface area (Å²) in [5, 5.41) is 2.43. The molecule has 0 radical (unpaired) electrons. The van der Waals surface area contributed by atoms with Gasteiger partial charge in [0.15, 0.2) is 11.5 Å². The molecule has 0 saturated heterocycles. The number of methoxy groups -OCH3 is 1. The van der Waals surface area contributed by atoms with Crippen molar-refractivity contribution in [2.45, 2.75) is 13.1 Å². The Labute approximate surface area is 140 Å². The number of carbonyl (C=O) groups is 1. The summed E-state index contributed by atoms with van der Waals surface area (Å²) in [5.41, 5.74) is -2.51. The van der Waals surface area contributed by atoms with Crippen molar-refractivity contribution in [3.05, 3.63) is 51.9 Å². The van der Waals surface area contributed by atoms with Crippen molar-refractivity contribution < 1.29 is 27.4 Å². The maximum Gasteiger partial charge on any atom is 0.431 e. The number of anilines is 1. The molecule has 1 aromatic heterocycles. The third-order valence-corrected chi connectivity index (χ3v) is 3.18. The second kappa shape index (κ2) is 7.29. The molecule has 0 atom stereocenters. The van der Waals surface area contributed by atoms with E-state index in [0.29, 0.717) is 29.9 Å². The number of ether oxygens (including phenoxy) is 2. The van der Waals surface area contributed by atoms with Gasteiger partial charge in [-0.2, -0.15) is 13.2 Å². The van der Waals surface area contributed by atoms with Crippen LogP contribution in [0.3, 0.4) is 0 Å². The average molecular weight is 356 g/mol. The van der Waals surface area contributed by atoms with Crippen LogP contribution in [0.4, 0.5) is 18.9 Å². The smallest absolute Gasteiger partial charge is 0.431 e. The summed E-state index contributed by atoms with van der Waals surface area (Å²) >= 11 is 0. The molecule has 1 amide bonds. The first-order valence-corrected chi connectivity index (χ1v) is 7.19. The largest absolute Gasteiger partial charge is 0.493 e. The summed E-state index contributed by atoms with van der Waals surface area (Å²) in [6.07, 6.45) is -4.70. The Hall–Kier alpha value is -2.97. The summed E-state index contributed by atoms with van der Waals surface area (Å²) < 4.78 is 48.1. The maximum absolute atomic E-state index is 12.5.